The zero-order chi connectivity index (χ0) is 22.3. The first kappa shape index (κ1) is 25.2. The van der Waals surface area contributed by atoms with Crippen LogP contribution >= 0.6 is 0 Å². The lowest BCUT2D eigenvalue weighted by molar-refractivity contribution is 0.491. The molecule has 2 aliphatic carbocycles. The van der Waals surface area contributed by atoms with Crippen molar-refractivity contribution in [2.75, 3.05) is 11.1 Å². The van der Waals surface area contributed by atoms with E-state index >= 15 is 0 Å². The van der Waals surface area contributed by atoms with Crippen molar-refractivity contribution < 1.29 is 0 Å². The molecule has 0 unspecified atom stereocenters. The van der Waals surface area contributed by atoms with Crippen LogP contribution in [-0.4, -0.2) is 21.0 Å². The molecule has 1 heterocycles. The highest BCUT2D eigenvalue weighted by Gasteiger charge is 2.19. The molecule has 32 heavy (non-hydrogen) atoms. The number of anilines is 2. The van der Waals surface area contributed by atoms with Crippen molar-refractivity contribution in [2.24, 2.45) is 0 Å². The molecule has 2 saturated carbocycles. The molecule has 0 amide bonds. The largest absolute Gasteiger partial charge is 0.368 e. The van der Waals surface area contributed by atoms with Crippen LogP contribution in [0.2, 0.25) is 0 Å². The summed E-state index contributed by atoms with van der Waals surface area (Å²) in [6.07, 6.45) is 29.3. The summed E-state index contributed by atoms with van der Waals surface area (Å²) in [5.74, 6) is 2.47. The fraction of sp³-hybridized carbons (Fsp3) is 0.889. The SMILES string of the molecule is Nc1nc(NC2CCCCCCCCCCCC2)nc(C2CCCCCCCCCC2)n1. The maximum Gasteiger partial charge on any atom is 0.227 e. The predicted octanol–water partition coefficient (Wildman–Crippen LogP) is 7.93. The average molecular weight is 444 g/mol. The molecule has 0 bridgehead atoms. The van der Waals surface area contributed by atoms with Crippen molar-refractivity contribution in [3.05, 3.63) is 5.82 Å². The van der Waals surface area contributed by atoms with Gasteiger partial charge in [-0.2, -0.15) is 15.0 Å². The minimum Gasteiger partial charge on any atom is -0.368 e. The van der Waals surface area contributed by atoms with E-state index in [9.17, 15) is 0 Å². The summed E-state index contributed by atoms with van der Waals surface area (Å²) in [6.45, 7) is 0. The molecule has 2 fully saturated rings. The van der Waals surface area contributed by atoms with Crippen LogP contribution in [0.25, 0.3) is 0 Å². The standard InChI is InChI=1S/C27H49N5/c28-26-30-25(23-19-15-11-7-5-6-8-12-16-20-23)31-27(32-26)29-24-21-17-13-9-3-1-2-4-10-14-18-22-24/h23-24H,1-22H2,(H3,28,29,30,31,32). The maximum absolute atomic E-state index is 6.18. The number of rotatable bonds is 3. The molecule has 1 aromatic heterocycles. The quantitative estimate of drug-likeness (QED) is 0.496. The van der Waals surface area contributed by atoms with Crippen LogP contribution in [-0.2, 0) is 0 Å². The Morgan fingerprint density at radius 1 is 0.500 bits per heavy atom. The fourth-order valence-electron chi connectivity index (χ4n) is 5.57. The van der Waals surface area contributed by atoms with Crippen molar-refractivity contribution in [3.8, 4) is 0 Å². The van der Waals surface area contributed by atoms with E-state index in [2.05, 4.69) is 15.3 Å². The van der Waals surface area contributed by atoms with Gasteiger partial charge < -0.3 is 11.1 Å². The first-order chi connectivity index (χ1) is 15.8. The minimum atomic E-state index is 0.386. The van der Waals surface area contributed by atoms with E-state index < -0.39 is 0 Å². The number of nitrogens with one attached hydrogen (secondary N) is 1. The van der Waals surface area contributed by atoms with E-state index in [-0.39, 0.29) is 0 Å². The van der Waals surface area contributed by atoms with Crippen molar-refractivity contribution in [1.82, 2.24) is 15.0 Å². The van der Waals surface area contributed by atoms with Crippen molar-refractivity contribution in [2.45, 2.75) is 153 Å². The van der Waals surface area contributed by atoms with E-state index in [4.69, 9.17) is 10.7 Å². The van der Waals surface area contributed by atoms with Gasteiger partial charge in [-0.3, -0.25) is 0 Å². The lowest BCUT2D eigenvalue weighted by Crippen LogP contribution is -2.22. The summed E-state index contributed by atoms with van der Waals surface area (Å²) in [6, 6.07) is 0.456. The monoisotopic (exact) mass is 443 g/mol. The molecule has 182 valence electrons. The zero-order valence-corrected chi connectivity index (χ0v) is 20.6. The van der Waals surface area contributed by atoms with E-state index in [1.54, 1.807) is 0 Å². The molecule has 0 atom stereocenters. The van der Waals surface area contributed by atoms with Crippen molar-refractivity contribution in [1.29, 1.82) is 0 Å². The van der Waals surface area contributed by atoms with Gasteiger partial charge in [-0.15, -0.1) is 0 Å². The van der Waals surface area contributed by atoms with Crippen LogP contribution in [0.4, 0.5) is 11.9 Å². The summed E-state index contributed by atoms with van der Waals surface area (Å²) in [5, 5.41) is 3.69. The number of hydrogen-bond donors (Lipinski definition) is 2. The van der Waals surface area contributed by atoms with Gasteiger partial charge in [-0.1, -0.05) is 116 Å². The Morgan fingerprint density at radius 3 is 1.38 bits per heavy atom. The van der Waals surface area contributed by atoms with E-state index in [1.807, 2.05) is 0 Å². The Morgan fingerprint density at radius 2 is 0.906 bits per heavy atom. The molecule has 2 aliphatic rings. The lowest BCUT2D eigenvalue weighted by atomic mass is 9.94. The molecular formula is C27H49N5. The maximum atomic E-state index is 6.18. The van der Waals surface area contributed by atoms with Gasteiger partial charge in [-0.05, 0) is 25.7 Å². The van der Waals surface area contributed by atoms with Gasteiger partial charge in [0.05, 0.1) is 0 Å². The van der Waals surface area contributed by atoms with Gasteiger partial charge in [0.2, 0.25) is 11.9 Å². The summed E-state index contributed by atoms with van der Waals surface area (Å²) in [7, 11) is 0. The molecule has 0 saturated heterocycles. The highest BCUT2D eigenvalue weighted by molar-refractivity contribution is 5.32. The Bertz CT molecular complexity index is 594. The molecule has 0 spiro atoms. The molecule has 3 N–H and O–H groups in total. The number of nitrogens with zero attached hydrogens (tertiary/aromatic N) is 3. The summed E-state index contributed by atoms with van der Waals surface area (Å²) < 4.78 is 0. The van der Waals surface area contributed by atoms with Gasteiger partial charge in [0.25, 0.3) is 0 Å². The third kappa shape index (κ3) is 10.0. The van der Waals surface area contributed by atoms with Crippen LogP contribution in [0.3, 0.4) is 0 Å². The molecule has 5 heteroatoms. The predicted molar refractivity (Wildman–Crippen MR) is 136 cm³/mol. The second kappa shape index (κ2) is 15.4. The van der Waals surface area contributed by atoms with E-state index in [0.717, 1.165) is 11.8 Å². The zero-order valence-electron chi connectivity index (χ0n) is 20.6. The molecule has 0 aliphatic heterocycles. The molecule has 3 rings (SSSR count). The minimum absolute atomic E-state index is 0.386. The second-order valence-corrected chi connectivity index (χ2v) is 10.4. The number of nitrogens with two attached hydrogens (primary N) is 1. The fourth-order valence-corrected chi connectivity index (χ4v) is 5.57. The topological polar surface area (TPSA) is 76.7 Å². The normalized spacial score (nSPS) is 22.6. The highest BCUT2D eigenvalue weighted by Crippen LogP contribution is 2.29. The van der Waals surface area contributed by atoms with Gasteiger partial charge in [-0.25, -0.2) is 0 Å². The van der Waals surface area contributed by atoms with Crippen LogP contribution in [0, 0.1) is 0 Å². The Labute approximate surface area is 197 Å². The summed E-state index contributed by atoms with van der Waals surface area (Å²) in [5.41, 5.74) is 6.18. The number of aromatic nitrogens is 3. The van der Waals surface area contributed by atoms with Crippen LogP contribution in [0.15, 0.2) is 0 Å². The molecule has 0 radical (unpaired) electrons. The first-order valence-electron chi connectivity index (χ1n) is 14.1. The van der Waals surface area contributed by atoms with Crippen LogP contribution in [0.1, 0.15) is 153 Å². The van der Waals surface area contributed by atoms with Gasteiger partial charge in [0.15, 0.2) is 0 Å². The number of nitrogen functional groups attached to an aromatic ring is 1. The van der Waals surface area contributed by atoms with Gasteiger partial charge in [0.1, 0.15) is 5.82 Å². The van der Waals surface area contributed by atoms with Gasteiger partial charge in [0, 0.05) is 12.0 Å². The molecule has 1 aromatic rings. The Kier molecular flexibility index (Phi) is 12.2. The van der Waals surface area contributed by atoms with Crippen LogP contribution < -0.4 is 11.1 Å². The first-order valence-corrected chi connectivity index (χ1v) is 14.1. The van der Waals surface area contributed by atoms with Crippen LogP contribution in [0.5, 0.6) is 0 Å². The smallest absolute Gasteiger partial charge is 0.227 e. The average Bonchev–Trinajstić information content (AvgIpc) is 2.82. The third-order valence-electron chi connectivity index (χ3n) is 7.58. The Hall–Kier alpha value is -1.39. The second-order valence-electron chi connectivity index (χ2n) is 10.4. The lowest BCUT2D eigenvalue weighted by Gasteiger charge is -2.21. The van der Waals surface area contributed by atoms with Gasteiger partial charge >= 0.3 is 0 Å². The summed E-state index contributed by atoms with van der Waals surface area (Å²) >= 11 is 0. The molecular weight excluding hydrogens is 394 g/mol. The third-order valence-corrected chi connectivity index (χ3v) is 7.58. The van der Waals surface area contributed by atoms with Crippen molar-refractivity contribution >= 4 is 11.9 Å². The summed E-state index contributed by atoms with van der Waals surface area (Å²) in [4.78, 5) is 14.0. The Balaban J connectivity index is 1.62. The van der Waals surface area contributed by atoms with E-state index in [0.29, 0.717) is 17.9 Å². The molecule has 0 aromatic carbocycles. The highest BCUT2D eigenvalue weighted by atomic mass is 15.2. The number of hydrogen-bond acceptors (Lipinski definition) is 5. The molecule has 5 nitrogen and oxygen atoms in total. The van der Waals surface area contributed by atoms with E-state index in [1.165, 1.54) is 141 Å². The van der Waals surface area contributed by atoms with Crippen molar-refractivity contribution in [3.63, 3.8) is 0 Å².